The summed E-state index contributed by atoms with van der Waals surface area (Å²) < 4.78 is 5.59. The smallest absolute Gasteiger partial charge is 0.239 e. The second kappa shape index (κ2) is 5.53. The van der Waals surface area contributed by atoms with Crippen molar-refractivity contribution in [2.45, 2.75) is 57.0 Å². The molecular formula is C19H27N3O2. The molecule has 1 saturated carbocycles. The van der Waals surface area contributed by atoms with Crippen molar-refractivity contribution in [2.75, 3.05) is 31.2 Å². The molecule has 24 heavy (non-hydrogen) atoms. The Balaban J connectivity index is 1.54. The van der Waals surface area contributed by atoms with Crippen molar-refractivity contribution in [2.24, 2.45) is 0 Å². The number of ether oxygens (including phenoxy) is 1. The first-order valence-corrected chi connectivity index (χ1v) is 9.05. The summed E-state index contributed by atoms with van der Waals surface area (Å²) in [7, 11) is 0. The van der Waals surface area contributed by atoms with E-state index in [0.717, 1.165) is 56.9 Å². The Bertz CT molecular complexity index is 644. The van der Waals surface area contributed by atoms with Gasteiger partial charge in [0.15, 0.2) is 0 Å². The summed E-state index contributed by atoms with van der Waals surface area (Å²) in [5.41, 5.74) is 1.61. The summed E-state index contributed by atoms with van der Waals surface area (Å²) >= 11 is 0. The fourth-order valence-electron chi connectivity index (χ4n) is 4.63. The maximum Gasteiger partial charge on any atom is 0.239 e. The third-order valence-electron chi connectivity index (χ3n) is 6.09. The topological polar surface area (TPSA) is 45.7 Å². The first-order valence-electron chi connectivity index (χ1n) is 9.05. The van der Waals surface area contributed by atoms with Gasteiger partial charge in [0, 0.05) is 37.5 Å². The van der Waals surface area contributed by atoms with Crippen LogP contribution >= 0.6 is 0 Å². The first kappa shape index (κ1) is 16.0. The third-order valence-corrected chi connectivity index (χ3v) is 6.09. The van der Waals surface area contributed by atoms with E-state index in [1.165, 1.54) is 0 Å². The minimum absolute atomic E-state index is 0.188. The van der Waals surface area contributed by atoms with Crippen LogP contribution in [0.25, 0.3) is 0 Å². The molecule has 5 nitrogen and oxygen atoms in total. The molecule has 1 saturated heterocycles. The van der Waals surface area contributed by atoms with Crippen LogP contribution < -0.4 is 4.90 Å². The van der Waals surface area contributed by atoms with E-state index in [-0.39, 0.29) is 17.5 Å². The number of fused-ring (bicyclic) bond motifs is 1. The Labute approximate surface area is 144 Å². The molecule has 0 aromatic carbocycles. The van der Waals surface area contributed by atoms with Crippen LogP contribution in [0.15, 0.2) is 18.3 Å². The van der Waals surface area contributed by atoms with Crippen LogP contribution in [0.2, 0.25) is 0 Å². The van der Waals surface area contributed by atoms with Crippen LogP contribution in [-0.4, -0.2) is 53.7 Å². The van der Waals surface area contributed by atoms with Gasteiger partial charge in [-0.05, 0) is 52.2 Å². The number of amides is 1. The van der Waals surface area contributed by atoms with Crippen molar-refractivity contribution in [3.8, 4) is 0 Å². The van der Waals surface area contributed by atoms with Crippen molar-refractivity contribution >= 4 is 11.6 Å². The maximum atomic E-state index is 13.0. The molecule has 5 heteroatoms. The highest BCUT2D eigenvalue weighted by Gasteiger charge is 2.54. The molecule has 1 aromatic heterocycles. The quantitative estimate of drug-likeness (QED) is 0.835. The predicted molar refractivity (Wildman–Crippen MR) is 93.2 cm³/mol. The fourth-order valence-corrected chi connectivity index (χ4v) is 4.63. The van der Waals surface area contributed by atoms with Gasteiger partial charge in [-0.3, -0.25) is 14.7 Å². The summed E-state index contributed by atoms with van der Waals surface area (Å²) in [6.45, 7) is 10.1. The van der Waals surface area contributed by atoms with Gasteiger partial charge >= 0.3 is 0 Å². The Morgan fingerprint density at radius 2 is 2.00 bits per heavy atom. The molecule has 0 radical (unpaired) electrons. The molecule has 130 valence electrons. The van der Waals surface area contributed by atoms with E-state index in [1.54, 1.807) is 6.20 Å². The zero-order valence-corrected chi connectivity index (χ0v) is 14.9. The van der Waals surface area contributed by atoms with E-state index in [9.17, 15) is 4.79 Å². The second-order valence-electron chi connectivity index (χ2n) is 8.18. The molecule has 1 aliphatic carbocycles. The number of aromatic nitrogens is 1. The number of nitrogens with zero attached hydrogens (tertiary/aromatic N) is 3. The molecule has 0 N–H and O–H groups in total. The van der Waals surface area contributed by atoms with E-state index >= 15 is 0 Å². The van der Waals surface area contributed by atoms with Crippen LogP contribution in [0.4, 0.5) is 5.69 Å². The molecular weight excluding hydrogens is 302 g/mol. The summed E-state index contributed by atoms with van der Waals surface area (Å²) in [5, 5.41) is 0. The van der Waals surface area contributed by atoms with Gasteiger partial charge in [-0.1, -0.05) is 0 Å². The molecule has 0 unspecified atom stereocenters. The maximum absolute atomic E-state index is 13.0. The SMILES string of the molecule is CC1(C)C(=O)N(C2CC(C)(N3CCCOCC3)C2)c2cccnc21. The van der Waals surface area contributed by atoms with Gasteiger partial charge < -0.3 is 9.64 Å². The van der Waals surface area contributed by atoms with Crippen molar-refractivity contribution in [1.82, 2.24) is 9.88 Å². The van der Waals surface area contributed by atoms with Crippen LogP contribution in [0.5, 0.6) is 0 Å². The fraction of sp³-hybridized carbons (Fsp3) is 0.684. The van der Waals surface area contributed by atoms with Gasteiger partial charge in [-0.2, -0.15) is 0 Å². The molecule has 3 heterocycles. The standard InChI is InChI=1S/C19H27N3O2/c1-18(2)16-15(6-4-7-20-16)22(17(18)23)14-12-19(3,13-14)21-8-5-10-24-11-9-21/h4,6-7,14H,5,8-13H2,1-3H3. The highest BCUT2D eigenvalue weighted by Crippen LogP contribution is 2.48. The Kier molecular flexibility index (Phi) is 3.69. The average Bonchev–Trinajstić information content (AvgIpc) is 2.74. The normalized spacial score (nSPS) is 33.0. The van der Waals surface area contributed by atoms with Crippen LogP contribution in [-0.2, 0) is 14.9 Å². The van der Waals surface area contributed by atoms with Crippen LogP contribution in [0.1, 0.15) is 45.7 Å². The van der Waals surface area contributed by atoms with Crippen LogP contribution in [0.3, 0.4) is 0 Å². The zero-order valence-electron chi connectivity index (χ0n) is 14.9. The Hall–Kier alpha value is -1.46. The lowest BCUT2D eigenvalue weighted by Gasteiger charge is -2.54. The van der Waals surface area contributed by atoms with E-state index in [2.05, 4.69) is 16.8 Å². The molecule has 1 aromatic rings. The van der Waals surface area contributed by atoms with Gasteiger partial charge in [-0.15, -0.1) is 0 Å². The number of carbonyl (C=O) groups excluding carboxylic acids is 1. The first-order chi connectivity index (χ1) is 11.4. The van der Waals surface area contributed by atoms with Gasteiger partial charge in [0.25, 0.3) is 0 Å². The number of anilines is 1. The second-order valence-corrected chi connectivity index (χ2v) is 8.18. The number of hydrogen-bond donors (Lipinski definition) is 0. The number of carbonyl (C=O) groups is 1. The number of pyridine rings is 1. The molecule has 0 spiro atoms. The lowest BCUT2D eigenvalue weighted by atomic mass is 9.71. The monoisotopic (exact) mass is 329 g/mol. The van der Waals surface area contributed by atoms with Gasteiger partial charge in [0.1, 0.15) is 0 Å². The zero-order chi connectivity index (χ0) is 16.9. The van der Waals surface area contributed by atoms with Crippen molar-refractivity contribution in [1.29, 1.82) is 0 Å². The van der Waals surface area contributed by atoms with Crippen molar-refractivity contribution in [3.05, 3.63) is 24.0 Å². The summed E-state index contributed by atoms with van der Waals surface area (Å²) in [5.74, 6) is 0.197. The summed E-state index contributed by atoms with van der Waals surface area (Å²) in [4.78, 5) is 22.1. The lowest BCUT2D eigenvalue weighted by molar-refractivity contribution is -0.123. The molecule has 2 aliphatic heterocycles. The van der Waals surface area contributed by atoms with E-state index in [4.69, 9.17) is 4.74 Å². The van der Waals surface area contributed by atoms with E-state index in [0.29, 0.717) is 0 Å². The minimum atomic E-state index is -0.515. The number of rotatable bonds is 2. The Morgan fingerprint density at radius 1 is 1.21 bits per heavy atom. The highest BCUT2D eigenvalue weighted by atomic mass is 16.5. The molecule has 0 atom stereocenters. The van der Waals surface area contributed by atoms with Gasteiger partial charge in [-0.25, -0.2) is 0 Å². The van der Waals surface area contributed by atoms with E-state index in [1.807, 2.05) is 30.9 Å². The minimum Gasteiger partial charge on any atom is -0.380 e. The van der Waals surface area contributed by atoms with Crippen LogP contribution in [0, 0.1) is 0 Å². The largest absolute Gasteiger partial charge is 0.380 e. The molecule has 0 bridgehead atoms. The molecule has 3 aliphatic rings. The molecule has 2 fully saturated rings. The summed E-state index contributed by atoms with van der Waals surface area (Å²) in [6.07, 6.45) is 4.95. The van der Waals surface area contributed by atoms with Crippen molar-refractivity contribution in [3.63, 3.8) is 0 Å². The number of hydrogen-bond acceptors (Lipinski definition) is 4. The van der Waals surface area contributed by atoms with E-state index < -0.39 is 5.41 Å². The average molecular weight is 329 g/mol. The van der Waals surface area contributed by atoms with Crippen molar-refractivity contribution < 1.29 is 9.53 Å². The highest BCUT2D eigenvalue weighted by molar-refractivity contribution is 6.07. The molecule has 4 rings (SSSR count). The van der Waals surface area contributed by atoms with Gasteiger partial charge in [0.2, 0.25) is 5.91 Å². The molecule has 1 amide bonds. The summed E-state index contributed by atoms with van der Waals surface area (Å²) in [6, 6.07) is 4.27. The third kappa shape index (κ3) is 2.29. The van der Waals surface area contributed by atoms with Gasteiger partial charge in [0.05, 0.1) is 23.4 Å². The Morgan fingerprint density at radius 3 is 2.79 bits per heavy atom. The predicted octanol–water partition coefficient (Wildman–Crippen LogP) is 2.35. The lowest BCUT2D eigenvalue weighted by Crippen LogP contribution is -2.63.